The second kappa shape index (κ2) is 9.31. The fraction of sp³-hybridized carbons (Fsp3) is 0.286. The van der Waals surface area contributed by atoms with Gasteiger partial charge in [0.2, 0.25) is 5.91 Å². The molecule has 1 fully saturated rings. The molecule has 2 heterocycles. The van der Waals surface area contributed by atoms with Gasteiger partial charge in [-0.05, 0) is 49.7 Å². The van der Waals surface area contributed by atoms with Crippen LogP contribution in [0.25, 0.3) is 11.0 Å². The van der Waals surface area contributed by atoms with Crippen LogP contribution in [0.5, 0.6) is 5.75 Å². The molecule has 34 heavy (non-hydrogen) atoms. The van der Waals surface area contributed by atoms with Crippen LogP contribution in [0.3, 0.4) is 0 Å². The zero-order chi connectivity index (χ0) is 23.7. The largest absolute Gasteiger partial charge is 0.491 e. The number of aryl methyl sites for hydroxylation is 2. The SMILES string of the molecule is Cc1ccc(N2C[C@@H](c3nc4ccccc4n3C[C@@H](O)COc3ccccc3C)CC2=O)cc1. The second-order valence-corrected chi connectivity index (χ2v) is 9.04. The molecule has 6 nitrogen and oxygen atoms in total. The first-order valence-electron chi connectivity index (χ1n) is 11.7. The predicted molar refractivity (Wildman–Crippen MR) is 133 cm³/mol. The van der Waals surface area contributed by atoms with Crippen molar-refractivity contribution in [1.29, 1.82) is 0 Å². The lowest BCUT2D eigenvalue weighted by molar-refractivity contribution is -0.117. The van der Waals surface area contributed by atoms with Crippen LogP contribution in [0.4, 0.5) is 5.69 Å². The van der Waals surface area contributed by atoms with Crippen molar-refractivity contribution in [2.45, 2.75) is 38.8 Å². The second-order valence-electron chi connectivity index (χ2n) is 9.04. The highest BCUT2D eigenvalue weighted by Gasteiger charge is 2.35. The molecule has 6 heteroatoms. The summed E-state index contributed by atoms with van der Waals surface area (Å²) < 4.78 is 7.93. The van der Waals surface area contributed by atoms with Crippen molar-refractivity contribution in [2.75, 3.05) is 18.1 Å². The van der Waals surface area contributed by atoms with Crippen molar-refractivity contribution < 1.29 is 14.6 Å². The van der Waals surface area contributed by atoms with Gasteiger partial charge in [0.15, 0.2) is 0 Å². The number of aliphatic hydroxyl groups is 1. The van der Waals surface area contributed by atoms with Gasteiger partial charge in [-0.25, -0.2) is 4.98 Å². The van der Waals surface area contributed by atoms with Crippen LogP contribution in [-0.4, -0.2) is 39.8 Å². The molecule has 0 unspecified atom stereocenters. The molecule has 0 spiro atoms. The number of aromatic nitrogens is 2. The number of fused-ring (bicyclic) bond motifs is 1. The molecule has 2 atom stereocenters. The molecule has 1 aliphatic rings. The van der Waals surface area contributed by atoms with Crippen LogP contribution in [0, 0.1) is 13.8 Å². The van der Waals surface area contributed by atoms with E-state index in [-0.39, 0.29) is 18.4 Å². The lowest BCUT2D eigenvalue weighted by Crippen LogP contribution is -2.26. The molecule has 0 aliphatic carbocycles. The lowest BCUT2D eigenvalue weighted by Gasteiger charge is -2.19. The van der Waals surface area contributed by atoms with Gasteiger partial charge >= 0.3 is 0 Å². The minimum Gasteiger partial charge on any atom is -0.491 e. The standard InChI is InChI=1S/C28H29N3O3/c1-19-11-13-22(14-12-19)30-16-21(15-27(30)33)28-29-24-8-4-5-9-25(24)31(28)17-23(32)18-34-26-10-6-3-7-20(26)2/h3-14,21,23,32H,15-18H2,1-2H3/t21-,23+/m0/s1. The van der Waals surface area contributed by atoms with Gasteiger partial charge in [0, 0.05) is 24.6 Å². The van der Waals surface area contributed by atoms with E-state index in [0.29, 0.717) is 19.5 Å². The van der Waals surface area contributed by atoms with Crippen LogP contribution in [-0.2, 0) is 11.3 Å². The first-order valence-corrected chi connectivity index (χ1v) is 11.7. The predicted octanol–water partition coefficient (Wildman–Crippen LogP) is 4.61. The van der Waals surface area contributed by atoms with E-state index in [4.69, 9.17) is 9.72 Å². The summed E-state index contributed by atoms with van der Waals surface area (Å²) in [6, 6.07) is 23.7. The number of carbonyl (C=O) groups is 1. The Kier molecular flexibility index (Phi) is 6.07. The Morgan fingerprint density at radius 1 is 1.03 bits per heavy atom. The van der Waals surface area contributed by atoms with Crippen molar-refractivity contribution in [3.05, 3.63) is 89.7 Å². The number of aliphatic hydroxyl groups excluding tert-OH is 1. The fourth-order valence-corrected chi connectivity index (χ4v) is 4.62. The highest BCUT2D eigenvalue weighted by molar-refractivity contribution is 5.96. The molecule has 3 aromatic carbocycles. The highest BCUT2D eigenvalue weighted by atomic mass is 16.5. The van der Waals surface area contributed by atoms with Gasteiger partial charge in [0.25, 0.3) is 0 Å². The number of hydrogen-bond donors (Lipinski definition) is 1. The summed E-state index contributed by atoms with van der Waals surface area (Å²) >= 11 is 0. The molecule has 0 saturated carbocycles. The van der Waals surface area contributed by atoms with Crippen LogP contribution in [0.15, 0.2) is 72.8 Å². The number of para-hydroxylation sites is 3. The summed E-state index contributed by atoms with van der Waals surface area (Å²) in [7, 11) is 0. The zero-order valence-corrected chi connectivity index (χ0v) is 19.5. The molecule has 0 radical (unpaired) electrons. The molecule has 174 valence electrons. The number of imidazole rings is 1. The van der Waals surface area contributed by atoms with Gasteiger partial charge < -0.3 is 19.3 Å². The topological polar surface area (TPSA) is 67.6 Å². The summed E-state index contributed by atoms with van der Waals surface area (Å²) in [6.45, 7) is 5.11. The van der Waals surface area contributed by atoms with Gasteiger partial charge in [-0.2, -0.15) is 0 Å². The molecule has 0 bridgehead atoms. The van der Waals surface area contributed by atoms with E-state index in [1.165, 1.54) is 0 Å². The molecule has 4 aromatic rings. The van der Waals surface area contributed by atoms with Crippen molar-refractivity contribution in [3.63, 3.8) is 0 Å². The first kappa shape index (κ1) is 22.2. The number of nitrogens with zero attached hydrogens (tertiary/aromatic N) is 3. The minimum absolute atomic E-state index is 0.0503. The van der Waals surface area contributed by atoms with Crippen molar-refractivity contribution >= 4 is 22.6 Å². The Morgan fingerprint density at radius 3 is 2.56 bits per heavy atom. The number of carbonyl (C=O) groups excluding carboxylic acids is 1. The maximum Gasteiger partial charge on any atom is 0.227 e. The lowest BCUT2D eigenvalue weighted by atomic mass is 10.1. The Labute approximate surface area is 199 Å². The van der Waals surface area contributed by atoms with Gasteiger partial charge in [-0.3, -0.25) is 4.79 Å². The number of anilines is 1. The van der Waals surface area contributed by atoms with E-state index >= 15 is 0 Å². The Bertz CT molecular complexity index is 1310. The monoisotopic (exact) mass is 455 g/mol. The summed E-state index contributed by atoms with van der Waals surface area (Å²) in [4.78, 5) is 19.6. The molecule has 1 saturated heterocycles. The third kappa shape index (κ3) is 4.41. The molecular weight excluding hydrogens is 426 g/mol. The Hall–Kier alpha value is -3.64. The Balaban J connectivity index is 1.38. The van der Waals surface area contributed by atoms with E-state index in [1.54, 1.807) is 0 Å². The highest BCUT2D eigenvalue weighted by Crippen LogP contribution is 2.33. The van der Waals surface area contributed by atoms with E-state index in [0.717, 1.165) is 39.4 Å². The quantitative estimate of drug-likeness (QED) is 0.442. The number of amides is 1. The maximum atomic E-state index is 12.9. The Morgan fingerprint density at radius 2 is 1.76 bits per heavy atom. The molecule has 5 rings (SSSR count). The zero-order valence-electron chi connectivity index (χ0n) is 19.5. The van der Waals surface area contributed by atoms with Crippen LogP contribution >= 0.6 is 0 Å². The average Bonchev–Trinajstić information content (AvgIpc) is 3.40. The third-order valence-corrected chi connectivity index (χ3v) is 6.44. The van der Waals surface area contributed by atoms with Gasteiger partial charge in [0.05, 0.1) is 17.6 Å². The number of ether oxygens (including phenoxy) is 1. The van der Waals surface area contributed by atoms with Crippen LogP contribution in [0.1, 0.15) is 29.3 Å². The number of hydrogen-bond acceptors (Lipinski definition) is 4. The summed E-state index contributed by atoms with van der Waals surface area (Å²) in [6.07, 6.45) is -0.325. The number of benzene rings is 3. The summed E-state index contributed by atoms with van der Waals surface area (Å²) in [5.74, 6) is 1.65. The van der Waals surface area contributed by atoms with Gasteiger partial charge in [-0.15, -0.1) is 0 Å². The van der Waals surface area contributed by atoms with Gasteiger partial charge in [-0.1, -0.05) is 48.0 Å². The van der Waals surface area contributed by atoms with Crippen LogP contribution in [0.2, 0.25) is 0 Å². The smallest absolute Gasteiger partial charge is 0.227 e. The van der Waals surface area contributed by atoms with E-state index < -0.39 is 6.10 Å². The van der Waals surface area contributed by atoms with Crippen molar-refractivity contribution in [3.8, 4) is 5.75 Å². The normalized spacial score (nSPS) is 16.9. The van der Waals surface area contributed by atoms with E-state index in [9.17, 15) is 9.90 Å². The van der Waals surface area contributed by atoms with E-state index in [2.05, 4.69) is 4.57 Å². The van der Waals surface area contributed by atoms with Crippen molar-refractivity contribution in [2.24, 2.45) is 0 Å². The molecular formula is C28H29N3O3. The molecule has 1 aliphatic heterocycles. The third-order valence-electron chi connectivity index (χ3n) is 6.44. The maximum absolute atomic E-state index is 12.9. The molecule has 1 aromatic heterocycles. The minimum atomic E-state index is -0.721. The molecule has 1 amide bonds. The van der Waals surface area contributed by atoms with E-state index in [1.807, 2.05) is 91.5 Å². The summed E-state index contributed by atoms with van der Waals surface area (Å²) in [5.41, 5.74) is 4.92. The fourth-order valence-electron chi connectivity index (χ4n) is 4.62. The first-order chi connectivity index (χ1) is 16.5. The van der Waals surface area contributed by atoms with Crippen molar-refractivity contribution in [1.82, 2.24) is 9.55 Å². The average molecular weight is 456 g/mol. The number of rotatable bonds is 7. The molecule has 1 N–H and O–H groups in total. The summed E-state index contributed by atoms with van der Waals surface area (Å²) in [5, 5.41) is 10.9. The van der Waals surface area contributed by atoms with Crippen LogP contribution < -0.4 is 9.64 Å². The van der Waals surface area contributed by atoms with Gasteiger partial charge in [0.1, 0.15) is 24.3 Å².